The molecule has 1 aromatic heterocycles. The Bertz CT molecular complexity index is 1410. The van der Waals surface area contributed by atoms with Crippen molar-refractivity contribution in [2.45, 2.75) is 13.0 Å². The zero-order chi connectivity index (χ0) is 24.5. The fourth-order valence-corrected chi connectivity index (χ4v) is 4.25. The van der Waals surface area contributed by atoms with E-state index < -0.39 is 18.6 Å². The van der Waals surface area contributed by atoms with Gasteiger partial charge in [0.15, 0.2) is 17.3 Å². The van der Waals surface area contributed by atoms with Crippen molar-refractivity contribution in [3.8, 4) is 22.6 Å². The minimum atomic E-state index is -1.12. The van der Waals surface area contributed by atoms with Crippen LogP contribution in [0.4, 0.5) is 17.2 Å². The van der Waals surface area contributed by atoms with Crippen molar-refractivity contribution in [2.24, 2.45) is 7.05 Å². The van der Waals surface area contributed by atoms with Gasteiger partial charge in [0.05, 0.1) is 12.1 Å². The standard InChI is InChI=1S/C26H26N4O5/c1-15-18(16-6-9-23-24(12-16)35-11-10-34-23)4-3-5-20(15)28-25-19-8-7-17(13-22(19)30(2)29-25)27-21(14-31)26(32)33/h3-9,12-13,21,27,31H,10-11,14H2,1-2H3,(H,28,29)(H,32,33)/t21-/m0/s1. The summed E-state index contributed by atoms with van der Waals surface area (Å²) in [5.41, 5.74) is 5.50. The van der Waals surface area contributed by atoms with Gasteiger partial charge in [-0.15, -0.1) is 0 Å². The molecule has 9 nitrogen and oxygen atoms in total. The molecule has 1 aliphatic heterocycles. The van der Waals surface area contributed by atoms with E-state index in [1.165, 1.54) is 0 Å². The van der Waals surface area contributed by atoms with Crippen LogP contribution in [0, 0.1) is 6.92 Å². The number of carboxylic acids is 1. The van der Waals surface area contributed by atoms with E-state index >= 15 is 0 Å². The van der Waals surface area contributed by atoms with Crippen LogP contribution in [0.2, 0.25) is 0 Å². The van der Waals surface area contributed by atoms with Crippen molar-refractivity contribution in [3.63, 3.8) is 0 Å². The summed E-state index contributed by atoms with van der Waals surface area (Å²) in [4.78, 5) is 11.2. The number of rotatable bonds is 7. The summed E-state index contributed by atoms with van der Waals surface area (Å²) in [6.45, 7) is 2.65. The average molecular weight is 475 g/mol. The molecule has 3 aromatic carbocycles. The Kier molecular flexibility index (Phi) is 5.92. The highest BCUT2D eigenvalue weighted by molar-refractivity contribution is 5.95. The van der Waals surface area contributed by atoms with E-state index in [1.807, 2.05) is 49.5 Å². The molecule has 5 rings (SSSR count). The number of nitrogens with zero attached hydrogens (tertiary/aromatic N) is 2. The highest BCUT2D eigenvalue weighted by Gasteiger charge is 2.18. The maximum atomic E-state index is 11.2. The zero-order valence-corrected chi connectivity index (χ0v) is 19.4. The Morgan fingerprint density at radius 2 is 1.91 bits per heavy atom. The maximum absolute atomic E-state index is 11.2. The Balaban J connectivity index is 1.45. The summed E-state index contributed by atoms with van der Waals surface area (Å²) in [7, 11) is 1.83. The van der Waals surface area contributed by atoms with Crippen LogP contribution in [0.25, 0.3) is 22.0 Å². The molecule has 2 heterocycles. The fraction of sp³-hybridized carbons (Fsp3) is 0.231. The van der Waals surface area contributed by atoms with Crippen LogP contribution in [0.5, 0.6) is 11.5 Å². The molecule has 180 valence electrons. The van der Waals surface area contributed by atoms with Crippen molar-refractivity contribution in [1.82, 2.24) is 9.78 Å². The number of aliphatic carboxylic acids is 1. The molecule has 0 radical (unpaired) electrons. The lowest BCUT2D eigenvalue weighted by molar-refractivity contribution is -0.138. The quantitative estimate of drug-likeness (QED) is 0.318. The predicted octanol–water partition coefficient (Wildman–Crippen LogP) is 3.92. The van der Waals surface area contributed by atoms with E-state index in [4.69, 9.17) is 9.47 Å². The van der Waals surface area contributed by atoms with E-state index in [0.717, 1.165) is 44.8 Å². The first kappa shape index (κ1) is 22.5. The summed E-state index contributed by atoms with van der Waals surface area (Å²) < 4.78 is 13.1. The first-order valence-corrected chi connectivity index (χ1v) is 11.3. The van der Waals surface area contributed by atoms with Gasteiger partial charge in [-0.2, -0.15) is 5.10 Å². The van der Waals surface area contributed by atoms with E-state index in [9.17, 15) is 15.0 Å². The van der Waals surface area contributed by atoms with E-state index in [1.54, 1.807) is 10.7 Å². The number of aliphatic hydroxyl groups excluding tert-OH is 1. The highest BCUT2D eigenvalue weighted by atomic mass is 16.6. The van der Waals surface area contributed by atoms with Crippen LogP contribution in [-0.2, 0) is 11.8 Å². The maximum Gasteiger partial charge on any atom is 0.328 e. The number of aliphatic hydroxyl groups is 1. The number of fused-ring (bicyclic) bond motifs is 2. The highest BCUT2D eigenvalue weighted by Crippen LogP contribution is 2.38. The van der Waals surface area contributed by atoms with E-state index in [0.29, 0.717) is 24.7 Å². The van der Waals surface area contributed by atoms with E-state index in [2.05, 4.69) is 28.7 Å². The van der Waals surface area contributed by atoms with Crippen LogP contribution in [0.1, 0.15) is 5.56 Å². The number of aryl methyl sites for hydroxylation is 1. The van der Waals surface area contributed by atoms with Crippen LogP contribution in [0.15, 0.2) is 54.6 Å². The fourth-order valence-electron chi connectivity index (χ4n) is 4.25. The number of carbonyl (C=O) groups is 1. The average Bonchev–Trinajstić information content (AvgIpc) is 3.17. The SMILES string of the molecule is Cc1c(Nc2nn(C)c3cc(N[C@@H](CO)C(=O)O)ccc23)cccc1-c1ccc2c(c1)OCCO2. The lowest BCUT2D eigenvalue weighted by Gasteiger charge is -2.19. The molecule has 1 aliphatic rings. The molecule has 0 amide bonds. The third-order valence-electron chi connectivity index (χ3n) is 6.11. The van der Waals surface area contributed by atoms with Crippen molar-refractivity contribution in [2.75, 3.05) is 30.5 Å². The number of aromatic nitrogens is 2. The summed E-state index contributed by atoms with van der Waals surface area (Å²) >= 11 is 0. The van der Waals surface area contributed by atoms with Gasteiger partial charge in [-0.25, -0.2) is 4.79 Å². The smallest absolute Gasteiger partial charge is 0.328 e. The second-order valence-electron chi connectivity index (χ2n) is 8.38. The van der Waals surface area contributed by atoms with Gasteiger partial charge >= 0.3 is 5.97 Å². The van der Waals surface area contributed by atoms with Gasteiger partial charge < -0.3 is 30.3 Å². The molecule has 0 spiro atoms. The molecule has 0 fully saturated rings. The number of nitrogens with one attached hydrogen (secondary N) is 2. The van der Waals surface area contributed by atoms with E-state index in [-0.39, 0.29) is 0 Å². The topological polar surface area (TPSA) is 118 Å². The number of anilines is 3. The van der Waals surface area contributed by atoms with Crippen LogP contribution < -0.4 is 20.1 Å². The van der Waals surface area contributed by atoms with Crippen molar-refractivity contribution >= 4 is 34.1 Å². The van der Waals surface area contributed by atoms with Gasteiger partial charge in [-0.1, -0.05) is 18.2 Å². The lowest BCUT2D eigenvalue weighted by Crippen LogP contribution is -2.32. The predicted molar refractivity (Wildman–Crippen MR) is 134 cm³/mol. The second kappa shape index (κ2) is 9.19. The molecule has 9 heteroatoms. The molecule has 0 saturated carbocycles. The Hall–Kier alpha value is -4.24. The molecular formula is C26H26N4O5. The molecule has 0 unspecified atom stereocenters. The summed E-state index contributed by atoms with van der Waals surface area (Å²) in [5.74, 6) is 1.08. The monoisotopic (exact) mass is 474 g/mol. The van der Waals surface area contributed by atoms with Crippen molar-refractivity contribution < 1.29 is 24.5 Å². The Morgan fingerprint density at radius 3 is 2.69 bits per heavy atom. The van der Waals surface area contributed by atoms with Crippen LogP contribution >= 0.6 is 0 Å². The molecule has 4 aromatic rings. The first-order chi connectivity index (χ1) is 16.9. The largest absolute Gasteiger partial charge is 0.486 e. The second-order valence-corrected chi connectivity index (χ2v) is 8.38. The van der Waals surface area contributed by atoms with Crippen molar-refractivity contribution in [3.05, 3.63) is 60.2 Å². The first-order valence-electron chi connectivity index (χ1n) is 11.3. The molecule has 35 heavy (non-hydrogen) atoms. The number of benzene rings is 3. The van der Waals surface area contributed by atoms with Gasteiger partial charge in [-0.3, -0.25) is 4.68 Å². The number of carboxylic acid groups (broad SMARTS) is 1. The summed E-state index contributed by atoms with van der Waals surface area (Å²) in [6, 6.07) is 16.4. The van der Waals surface area contributed by atoms with Gasteiger partial charge in [0.2, 0.25) is 0 Å². The number of hydrogen-bond acceptors (Lipinski definition) is 7. The van der Waals surface area contributed by atoms with Gasteiger partial charge in [0, 0.05) is 23.8 Å². The Morgan fingerprint density at radius 1 is 1.11 bits per heavy atom. The van der Waals surface area contributed by atoms with Crippen LogP contribution in [0.3, 0.4) is 0 Å². The third-order valence-corrected chi connectivity index (χ3v) is 6.11. The lowest BCUT2D eigenvalue weighted by atomic mass is 9.98. The van der Waals surface area contributed by atoms with Gasteiger partial charge in [0.25, 0.3) is 0 Å². The summed E-state index contributed by atoms with van der Waals surface area (Å²) in [5, 5.41) is 30.3. The number of ether oxygens (including phenoxy) is 2. The molecular weight excluding hydrogens is 448 g/mol. The molecule has 0 bridgehead atoms. The molecule has 0 saturated heterocycles. The minimum Gasteiger partial charge on any atom is -0.486 e. The van der Waals surface area contributed by atoms with Crippen LogP contribution in [-0.4, -0.2) is 51.8 Å². The third kappa shape index (κ3) is 4.33. The number of hydrogen-bond donors (Lipinski definition) is 4. The summed E-state index contributed by atoms with van der Waals surface area (Å²) in [6.07, 6.45) is 0. The van der Waals surface area contributed by atoms with Gasteiger partial charge in [-0.05, 0) is 60.0 Å². The zero-order valence-electron chi connectivity index (χ0n) is 19.4. The van der Waals surface area contributed by atoms with Gasteiger partial charge in [0.1, 0.15) is 19.3 Å². The van der Waals surface area contributed by atoms with Crippen molar-refractivity contribution in [1.29, 1.82) is 0 Å². The molecule has 1 atom stereocenters. The normalized spacial score (nSPS) is 13.5. The molecule has 0 aliphatic carbocycles. The minimum absolute atomic E-state index is 0.509. The Labute approximate surface area is 201 Å². The molecule has 4 N–H and O–H groups in total.